The Labute approximate surface area is 153 Å². The first kappa shape index (κ1) is 18.5. The van der Waals surface area contributed by atoms with Crippen LogP contribution in [0, 0.1) is 23.5 Å². The summed E-state index contributed by atoms with van der Waals surface area (Å²) < 4.78 is 30.8. The molecule has 0 aliphatic heterocycles. The highest BCUT2D eigenvalue weighted by Gasteiger charge is 2.48. The minimum Gasteiger partial charge on any atom is -0.465 e. The SMILES string of the molecule is COC(=O)c1ccccc1NC(=O)C1CC1C(=O)Nc1ccc(F)c(F)c1. The van der Waals surface area contributed by atoms with Crippen molar-refractivity contribution in [2.75, 3.05) is 17.7 Å². The molecule has 0 saturated heterocycles. The van der Waals surface area contributed by atoms with Gasteiger partial charge in [-0.2, -0.15) is 0 Å². The minimum atomic E-state index is -1.07. The molecule has 0 spiro atoms. The smallest absolute Gasteiger partial charge is 0.339 e. The van der Waals surface area contributed by atoms with Crippen molar-refractivity contribution in [3.63, 3.8) is 0 Å². The van der Waals surface area contributed by atoms with Crippen molar-refractivity contribution >= 4 is 29.2 Å². The van der Waals surface area contributed by atoms with Crippen LogP contribution in [0.1, 0.15) is 16.8 Å². The molecule has 1 aliphatic rings. The number of hydrogen-bond acceptors (Lipinski definition) is 4. The molecule has 6 nitrogen and oxygen atoms in total. The van der Waals surface area contributed by atoms with Gasteiger partial charge in [0.15, 0.2) is 11.6 Å². The van der Waals surface area contributed by atoms with Gasteiger partial charge in [0.25, 0.3) is 0 Å². The Kier molecular flexibility index (Phi) is 5.16. The molecule has 1 saturated carbocycles. The predicted octanol–water partition coefficient (Wildman–Crippen LogP) is 2.96. The van der Waals surface area contributed by atoms with E-state index in [1.54, 1.807) is 18.2 Å². The zero-order valence-electron chi connectivity index (χ0n) is 14.3. The fourth-order valence-electron chi connectivity index (χ4n) is 2.69. The van der Waals surface area contributed by atoms with E-state index in [4.69, 9.17) is 0 Å². The van der Waals surface area contributed by atoms with Gasteiger partial charge in [0.2, 0.25) is 11.8 Å². The number of halogens is 2. The molecule has 2 N–H and O–H groups in total. The Morgan fingerprint density at radius 2 is 1.63 bits per heavy atom. The van der Waals surface area contributed by atoms with Crippen molar-refractivity contribution in [1.29, 1.82) is 0 Å². The molecule has 2 unspecified atom stereocenters. The highest BCUT2D eigenvalue weighted by atomic mass is 19.2. The summed E-state index contributed by atoms with van der Waals surface area (Å²) in [6, 6.07) is 9.38. The standard InChI is InChI=1S/C19H16F2N2O4/c1-27-19(26)11-4-2-3-5-16(11)23-18(25)13-9-12(13)17(24)22-10-6-7-14(20)15(21)8-10/h2-8,12-13H,9H2,1H3,(H,22,24)(H,23,25). The van der Waals surface area contributed by atoms with Gasteiger partial charge in [-0.1, -0.05) is 12.1 Å². The molecule has 8 heteroatoms. The molecule has 2 atom stereocenters. The van der Waals surface area contributed by atoms with Gasteiger partial charge >= 0.3 is 5.97 Å². The van der Waals surface area contributed by atoms with Gasteiger partial charge in [-0.15, -0.1) is 0 Å². The third-order valence-electron chi connectivity index (χ3n) is 4.24. The summed E-state index contributed by atoms with van der Waals surface area (Å²) in [5.41, 5.74) is 0.610. The van der Waals surface area contributed by atoms with E-state index in [0.717, 1.165) is 12.1 Å². The van der Waals surface area contributed by atoms with E-state index in [2.05, 4.69) is 15.4 Å². The first-order valence-electron chi connectivity index (χ1n) is 8.15. The zero-order chi connectivity index (χ0) is 19.6. The summed E-state index contributed by atoms with van der Waals surface area (Å²) in [7, 11) is 1.24. The molecule has 140 valence electrons. The predicted molar refractivity (Wildman–Crippen MR) is 93.0 cm³/mol. The van der Waals surface area contributed by atoms with Crippen molar-refractivity contribution in [3.05, 3.63) is 59.7 Å². The van der Waals surface area contributed by atoms with E-state index in [0.29, 0.717) is 12.1 Å². The molecule has 2 aromatic carbocycles. The third kappa shape index (κ3) is 4.11. The number of para-hydroxylation sites is 1. The number of carbonyl (C=O) groups excluding carboxylic acids is 3. The number of carbonyl (C=O) groups is 3. The van der Waals surface area contributed by atoms with Crippen molar-refractivity contribution < 1.29 is 27.9 Å². The maximum atomic E-state index is 13.2. The molecule has 1 aliphatic carbocycles. The van der Waals surface area contributed by atoms with Crippen molar-refractivity contribution in [1.82, 2.24) is 0 Å². The van der Waals surface area contributed by atoms with Crippen LogP contribution in [0.2, 0.25) is 0 Å². The number of nitrogens with one attached hydrogen (secondary N) is 2. The molecular formula is C19H16F2N2O4. The number of methoxy groups -OCH3 is 1. The summed E-state index contributed by atoms with van der Waals surface area (Å²) in [5.74, 6) is -4.68. The number of ether oxygens (including phenoxy) is 1. The van der Waals surface area contributed by atoms with Crippen molar-refractivity contribution in [3.8, 4) is 0 Å². The summed E-state index contributed by atoms with van der Waals surface area (Å²) in [6.45, 7) is 0. The molecule has 3 rings (SSSR count). The summed E-state index contributed by atoms with van der Waals surface area (Å²) >= 11 is 0. The number of hydrogen-bond donors (Lipinski definition) is 2. The fraction of sp³-hybridized carbons (Fsp3) is 0.211. The highest BCUT2D eigenvalue weighted by Crippen LogP contribution is 2.40. The van der Waals surface area contributed by atoms with Crippen LogP contribution in [-0.4, -0.2) is 24.9 Å². The Morgan fingerprint density at radius 3 is 2.30 bits per heavy atom. The molecule has 27 heavy (non-hydrogen) atoms. The van der Waals surface area contributed by atoms with E-state index >= 15 is 0 Å². The Bertz CT molecular complexity index is 916. The van der Waals surface area contributed by atoms with Crippen molar-refractivity contribution in [2.45, 2.75) is 6.42 Å². The molecule has 0 radical (unpaired) electrons. The Morgan fingerprint density at radius 1 is 0.963 bits per heavy atom. The monoisotopic (exact) mass is 374 g/mol. The number of anilines is 2. The van der Waals surface area contributed by atoms with Crippen molar-refractivity contribution in [2.24, 2.45) is 11.8 Å². The second kappa shape index (κ2) is 7.53. The summed E-state index contributed by atoms with van der Waals surface area (Å²) in [5, 5.41) is 5.08. The lowest BCUT2D eigenvalue weighted by molar-refractivity contribution is -0.122. The molecule has 2 amide bonds. The second-order valence-electron chi connectivity index (χ2n) is 6.09. The van der Waals surface area contributed by atoms with Crippen LogP contribution >= 0.6 is 0 Å². The maximum absolute atomic E-state index is 13.2. The van der Waals surface area contributed by atoms with Crippen LogP contribution in [0.25, 0.3) is 0 Å². The van der Waals surface area contributed by atoms with Gasteiger partial charge < -0.3 is 15.4 Å². The lowest BCUT2D eigenvalue weighted by Crippen LogP contribution is -2.21. The molecule has 2 aromatic rings. The number of esters is 1. The Balaban J connectivity index is 1.61. The van der Waals surface area contributed by atoms with Crippen LogP contribution in [-0.2, 0) is 14.3 Å². The van der Waals surface area contributed by atoms with Crippen LogP contribution in [0.5, 0.6) is 0 Å². The van der Waals surface area contributed by atoms with Gasteiger partial charge in [-0.3, -0.25) is 9.59 Å². The summed E-state index contributed by atoms with van der Waals surface area (Å²) in [6.07, 6.45) is 0.321. The number of amides is 2. The van der Waals surface area contributed by atoms with Gasteiger partial charge in [0.1, 0.15) is 0 Å². The van der Waals surface area contributed by atoms with E-state index in [1.165, 1.54) is 19.2 Å². The number of rotatable bonds is 5. The zero-order valence-corrected chi connectivity index (χ0v) is 14.3. The lowest BCUT2D eigenvalue weighted by atomic mass is 10.1. The quantitative estimate of drug-likeness (QED) is 0.788. The topological polar surface area (TPSA) is 84.5 Å². The molecule has 0 bridgehead atoms. The highest BCUT2D eigenvalue weighted by molar-refractivity contribution is 6.06. The molecule has 0 aromatic heterocycles. The molecular weight excluding hydrogens is 358 g/mol. The second-order valence-corrected chi connectivity index (χ2v) is 6.09. The van der Waals surface area contributed by atoms with Crippen LogP contribution in [0.15, 0.2) is 42.5 Å². The number of benzene rings is 2. The van der Waals surface area contributed by atoms with Crippen LogP contribution in [0.3, 0.4) is 0 Å². The van der Waals surface area contributed by atoms with E-state index < -0.39 is 41.3 Å². The van der Waals surface area contributed by atoms with Crippen LogP contribution in [0.4, 0.5) is 20.2 Å². The largest absolute Gasteiger partial charge is 0.465 e. The minimum absolute atomic E-state index is 0.112. The lowest BCUT2D eigenvalue weighted by Gasteiger charge is -2.09. The molecule has 0 heterocycles. The van der Waals surface area contributed by atoms with E-state index in [1.807, 2.05) is 0 Å². The third-order valence-corrected chi connectivity index (χ3v) is 4.24. The van der Waals surface area contributed by atoms with E-state index in [-0.39, 0.29) is 11.3 Å². The first-order valence-corrected chi connectivity index (χ1v) is 8.15. The molecule has 1 fully saturated rings. The average molecular weight is 374 g/mol. The van der Waals surface area contributed by atoms with Gasteiger partial charge in [-0.25, -0.2) is 13.6 Å². The summed E-state index contributed by atoms with van der Waals surface area (Å²) in [4.78, 5) is 36.3. The van der Waals surface area contributed by atoms with Gasteiger partial charge in [0.05, 0.1) is 30.2 Å². The van der Waals surface area contributed by atoms with E-state index in [9.17, 15) is 23.2 Å². The first-order chi connectivity index (χ1) is 12.9. The van der Waals surface area contributed by atoms with Gasteiger partial charge in [-0.05, 0) is 30.7 Å². The van der Waals surface area contributed by atoms with Crippen LogP contribution < -0.4 is 10.6 Å². The maximum Gasteiger partial charge on any atom is 0.339 e. The normalized spacial score (nSPS) is 17.7. The Hall–Kier alpha value is -3.29. The van der Waals surface area contributed by atoms with Gasteiger partial charge in [0, 0.05) is 11.8 Å². The average Bonchev–Trinajstić information content (AvgIpc) is 3.45. The fourth-order valence-corrected chi connectivity index (χ4v) is 2.69.